The van der Waals surface area contributed by atoms with Crippen LogP contribution in [0.25, 0.3) is 0 Å². The van der Waals surface area contributed by atoms with E-state index >= 15 is 0 Å². The predicted molar refractivity (Wildman–Crippen MR) is 109 cm³/mol. The fourth-order valence-corrected chi connectivity index (χ4v) is 3.13. The molecule has 0 radical (unpaired) electrons. The highest BCUT2D eigenvalue weighted by Gasteiger charge is 2.13. The standard InChI is InChI=1S/C21H20ClN3O3/c1-14-10-16(11-15-6-3-4-9-19(15)28-2)21(27)25(24-14)13-20(26)23-18-8-5-7-17(22)12-18/h3-10,12H,11,13H2,1-2H3,(H,23,26). The minimum atomic E-state index is -0.356. The molecule has 1 N–H and O–H groups in total. The van der Waals surface area contributed by atoms with Crippen LogP contribution in [0.1, 0.15) is 16.8 Å². The number of amides is 1. The molecule has 144 valence electrons. The van der Waals surface area contributed by atoms with Gasteiger partial charge in [-0.3, -0.25) is 9.59 Å². The van der Waals surface area contributed by atoms with E-state index in [1.54, 1.807) is 44.4 Å². The first-order valence-corrected chi connectivity index (χ1v) is 9.09. The number of carbonyl (C=O) groups is 1. The molecule has 0 fully saturated rings. The molecule has 3 rings (SSSR count). The zero-order chi connectivity index (χ0) is 20.1. The Morgan fingerprint density at radius 2 is 1.93 bits per heavy atom. The van der Waals surface area contributed by atoms with Gasteiger partial charge in [-0.15, -0.1) is 0 Å². The highest BCUT2D eigenvalue weighted by atomic mass is 35.5. The number of hydrogen-bond donors (Lipinski definition) is 1. The first kappa shape index (κ1) is 19.6. The molecular formula is C21H20ClN3O3. The van der Waals surface area contributed by atoms with E-state index in [0.717, 1.165) is 5.56 Å². The number of nitrogens with one attached hydrogen (secondary N) is 1. The van der Waals surface area contributed by atoms with Crippen LogP contribution in [0.5, 0.6) is 5.75 Å². The number of hydrogen-bond acceptors (Lipinski definition) is 4. The molecule has 28 heavy (non-hydrogen) atoms. The first-order chi connectivity index (χ1) is 13.5. The maximum atomic E-state index is 12.8. The molecule has 0 aliphatic heterocycles. The lowest BCUT2D eigenvalue weighted by molar-refractivity contribution is -0.117. The molecular weight excluding hydrogens is 378 g/mol. The molecule has 0 aliphatic carbocycles. The van der Waals surface area contributed by atoms with Gasteiger partial charge in [0.15, 0.2) is 0 Å². The molecule has 0 bridgehead atoms. The molecule has 0 spiro atoms. The van der Waals surface area contributed by atoms with E-state index in [2.05, 4.69) is 10.4 Å². The topological polar surface area (TPSA) is 73.2 Å². The largest absolute Gasteiger partial charge is 0.496 e. The number of anilines is 1. The number of carbonyl (C=O) groups excluding carboxylic acids is 1. The van der Waals surface area contributed by atoms with Crippen molar-refractivity contribution in [2.24, 2.45) is 0 Å². The van der Waals surface area contributed by atoms with Crippen molar-refractivity contribution in [2.45, 2.75) is 19.9 Å². The third kappa shape index (κ3) is 4.78. The number of ether oxygens (including phenoxy) is 1. The number of nitrogens with zero attached hydrogens (tertiary/aromatic N) is 2. The van der Waals surface area contributed by atoms with E-state index in [0.29, 0.717) is 34.1 Å². The number of aryl methyl sites for hydroxylation is 1. The molecule has 1 amide bonds. The van der Waals surface area contributed by atoms with Crippen molar-refractivity contribution < 1.29 is 9.53 Å². The number of para-hydroxylation sites is 1. The molecule has 1 heterocycles. The number of benzene rings is 2. The molecule has 0 aliphatic rings. The average molecular weight is 398 g/mol. The third-order valence-corrected chi connectivity index (χ3v) is 4.38. The Morgan fingerprint density at radius 3 is 2.68 bits per heavy atom. The van der Waals surface area contributed by atoms with Crippen molar-refractivity contribution in [3.05, 3.63) is 86.8 Å². The van der Waals surface area contributed by atoms with E-state index in [-0.39, 0.29) is 18.0 Å². The fraction of sp³-hybridized carbons (Fsp3) is 0.190. The summed E-state index contributed by atoms with van der Waals surface area (Å²) in [4.78, 5) is 25.2. The molecule has 3 aromatic rings. The monoisotopic (exact) mass is 397 g/mol. The van der Waals surface area contributed by atoms with Crippen LogP contribution >= 0.6 is 11.6 Å². The number of methoxy groups -OCH3 is 1. The first-order valence-electron chi connectivity index (χ1n) is 8.71. The van der Waals surface area contributed by atoms with Crippen molar-refractivity contribution in [1.29, 1.82) is 0 Å². The highest BCUT2D eigenvalue weighted by molar-refractivity contribution is 6.30. The van der Waals surface area contributed by atoms with Gasteiger partial charge in [-0.2, -0.15) is 5.10 Å². The van der Waals surface area contributed by atoms with E-state index < -0.39 is 0 Å². The molecule has 6 nitrogen and oxygen atoms in total. The molecule has 0 atom stereocenters. The average Bonchev–Trinajstić information content (AvgIpc) is 2.66. The Labute approximate surface area is 167 Å². The van der Waals surface area contributed by atoms with Crippen molar-refractivity contribution >= 4 is 23.2 Å². The molecule has 1 aromatic heterocycles. The Balaban J connectivity index is 1.82. The third-order valence-electron chi connectivity index (χ3n) is 4.15. The maximum Gasteiger partial charge on any atom is 0.270 e. The zero-order valence-corrected chi connectivity index (χ0v) is 16.4. The summed E-state index contributed by atoms with van der Waals surface area (Å²) in [6, 6.07) is 16.1. The van der Waals surface area contributed by atoms with Gasteiger partial charge in [0.25, 0.3) is 5.56 Å². The van der Waals surface area contributed by atoms with E-state index in [4.69, 9.17) is 16.3 Å². The summed E-state index contributed by atoms with van der Waals surface area (Å²) in [5.41, 5.74) is 2.35. The molecule has 0 unspecified atom stereocenters. The number of rotatable bonds is 6. The SMILES string of the molecule is COc1ccccc1Cc1cc(C)nn(CC(=O)Nc2cccc(Cl)c2)c1=O. The van der Waals surface area contributed by atoms with Crippen LogP contribution in [-0.4, -0.2) is 22.8 Å². The van der Waals surface area contributed by atoms with E-state index in [1.165, 1.54) is 4.68 Å². The Hall–Kier alpha value is -3.12. The number of halogens is 1. The quantitative estimate of drug-likeness (QED) is 0.691. The van der Waals surface area contributed by atoms with Crippen molar-refractivity contribution in [3.63, 3.8) is 0 Å². The van der Waals surface area contributed by atoms with Crippen LogP contribution < -0.4 is 15.6 Å². The van der Waals surface area contributed by atoms with Crippen molar-refractivity contribution in [3.8, 4) is 5.75 Å². The van der Waals surface area contributed by atoms with Crippen molar-refractivity contribution in [2.75, 3.05) is 12.4 Å². The van der Waals surface area contributed by atoms with Gasteiger partial charge in [-0.25, -0.2) is 4.68 Å². The Morgan fingerprint density at radius 1 is 1.14 bits per heavy atom. The second-order valence-corrected chi connectivity index (χ2v) is 6.76. The summed E-state index contributed by atoms with van der Waals surface area (Å²) in [6.07, 6.45) is 0.391. The number of aromatic nitrogens is 2. The highest BCUT2D eigenvalue weighted by Crippen LogP contribution is 2.20. The van der Waals surface area contributed by atoms with Gasteiger partial charge in [0.1, 0.15) is 12.3 Å². The van der Waals surface area contributed by atoms with Crippen LogP contribution in [0.15, 0.2) is 59.4 Å². The summed E-state index contributed by atoms with van der Waals surface area (Å²) >= 11 is 5.93. The van der Waals surface area contributed by atoms with Crippen LogP contribution in [0.3, 0.4) is 0 Å². The molecule has 7 heteroatoms. The Kier molecular flexibility index (Phi) is 6.11. The lowest BCUT2D eigenvalue weighted by Gasteiger charge is -2.11. The van der Waals surface area contributed by atoms with E-state index in [1.807, 2.05) is 24.3 Å². The smallest absolute Gasteiger partial charge is 0.270 e. The summed E-state index contributed by atoms with van der Waals surface area (Å²) in [5.74, 6) is 0.354. The van der Waals surface area contributed by atoms with Crippen molar-refractivity contribution in [1.82, 2.24) is 9.78 Å². The van der Waals surface area contributed by atoms with Gasteiger partial charge in [0.05, 0.1) is 12.8 Å². The lowest BCUT2D eigenvalue weighted by Crippen LogP contribution is -2.32. The molecule has 2 aromatic carbocycles. The van der Waals surface area contributed by atoms with Gasteiger partial charge >= 0.3 is 0 Å². The van der Waals surface area contributed by atoms with Crippen LogP contribution in [0, 0.1) is 6.92 Å². The second kappa shape index (κ2) is 8.71. The van der Waals surface area contributed by atoms with Gasteiger partial charge in [-0.05, 0) is 42.8 Å². The van der Waals surface area contributed by atoms with E-state index in [9.17, 15) is 9.59 Å². The summed E-state index contributed by atoms with van der Waals surface area (Å²) in [5, 5.41) is 7.44. The van der Waals surface area contributed by atoms with Gasteiger partial charge in [-0.1, -0.05) is 35.9 Å². The predicted octanol–water partition coefficient (Wildman–Crippen LogP) is 3.44. The lowest BCUT2D eigenvalue weighted by atomic mass is 10.1. The van der Waals surface area contributed by atoms with Crippen LogP contribution in [0.2, 0.25) is 5.02 Å². The summed E-state index contributed by atoms with van der Waals surface area (Å²) < 4.78 is 6.54. The summed E-state index contributed by atoms with van der Waals surface area (Å²) in [7, 11) is 1.59. The van der Waals surface area contributed by atoms with Gasteiger partial charge in [0.2, 0.25) is 5.91 Å². The maximum absolute atomic E-state index is 12.8. The minimum absolute atomic E-state index is 0.189. The van der Waals surface area contributed by atoms with Gasteiger partial charge < -0.3 is 10.1 Å². The Bertz CT molecular complexity index is 1060. The molecule has 0 saturated heterocycles. The van der Waals surface area contributed by atoms with Crippen LogP contribution in [0.4, 0.5) is 5.69 Å². The second-order valence-electron chi connectivity index (χ2n) is 6.32. The van der Waals surface area contributed by atoms with Crippen LogP contribution in [-0.2, 0) is 17.8 Å². The normalized spacial score (nSPS) is 10.5. The summed E-state index contributed by atoms with van der Waals surface area (Å²) in [6.45, 7) is 1.60. The molecule has 0 saturated carbocycles. The van der Waals surface area contributed by atoms with Gasteiger partial charge in [0, 0.05) is 22.7 Å². The minimum Gasteiger partial charge on any atom is -0.496 e. The zero-order valence-electron chi connectivity index (χ0n) is 15.6. The fourth-order valence-electron chi connectivity index (χ4n) is 2.94.